The van der Waals surface area contributed by atoms with E-state index in [0.717, 1.165) is 5.56 Å². The number of halogens is 1. The molecule has 6 nitrogen and oxygen atoms in total. The minimum Gasteiger partial charge on any atom is -0.482 e. The van der Waals surface area contributed by atoms with Gasteiger partial charge in [0.2, 0.25) is 0 Å². The molecule has 0 bridgehead atoms. The maximum absolute atomic E-state index is 11.7. The highest BCUT2D eigenvalue weighted by atomic mass is 35.5. The van der Waals surface area contributed by atoms with Crippen LogP contribution in [0.3, 0.4) is 0 Å². The molecule has 2 aromatic carbocycles. The lowest BCUT2D eigenvalue weighted by Gasteiger charge is -2.08. The first-order valence-corrected chi connectivity index (χ1v) is 7.12. The summed E-state index contributed by atoms with van der Waals surface area (Å²) in [6, 6.07) is 11.1. The van der Waals surface area contributed by atoms with E-state index in [4.69, 9.17) is 21.1 Å². The van der Waals surface area contributed by atoms with Crippen LogP contribution in [0.5, 0.6) is 5.75 Å². The van der Waals surface area contributed by atoms with Crippen molar-refractivity contribution in [3.05, 3.63) is 68.7 Å². The van der Waals surface area contributed by atoms with E-state index in [1.165, 1.54) is 12.1 Å². The van der Waals surface area contributed by atoms with Crippen LogP contribution < -0.4 is 4.74 Å². The van der Waals surface area contributed by atoms with E-state index in [-0.39, 0.29) is 18.9 Å². The van der Waals surface area contributed by atoms with Crippen molar-refractivity contribution in [3.8, 4) is 5.75 Å². The van der Waals surface area contributed by atoms with Crippen LogP contribution in [0.15, 0.2) is 42.5 Å². The predicted molar refractivity (Wildman–Crippen MR) is 84.6 cm³/mol. The number of carbonyl (C=O) groups excluding carboxylic acids is 1. The molecule has 0 saturated heterocycles. The molecular formula is C16H14ClNO5. The zero-order valence-corrected chi connectivity index (χ0v) is 13.1. The third-order valence-electron chi connectivity index (χ3n) is 3.06. The summed E-state index contributed by atoms with van der Waals surface area (Å²) in [6.45, 7) is 1.35. The van der Waals surface area contributed by atoms with Gasteiger partial charge >= 0.3 is 5.97 Å². The maximum Gasteiger partial charge on any atom is 0.344 e. The van der Waals surface area contributed by atoms with Crippen LogP contribution in [0.4, 0.5) is 5.69 Å². The Morgan fingerprint density at radius 3 is 2.70 bits per heavy atom. The molecule has 0 unspecified atom stereocenters. The van der Waals surface area contributed by atoms with E-state index in [0.29, 0.717) is 16.3 Å². The third kappa shape index (κ3) is 4.69. The molecule has 0 aromatic heterocycles. The maximum atomic E-state index is 11.7. The van der Waals surface area contributed by atoms with Gasteiger partial charge in [-0.15, -0.1) is 0 Å². The molecule has 2 rings (SSSR count). The Labute approximate surface area is 137 Å². The van der Waals surface area contributed by atoms with E-state index in [1.54, 1.807) is 30.3 Å². The summed E-state index contributed by atoms with van der Waals surface area (Å²) in [5.41, 5.74) is 1.07. The summed E-state index contributed by atoms with van der Waals surface area (Å²) in [5.74, 6) is -0.120. The number of aryl methyl sites for hydroxylation is 1. The number of para-hydroxylation sites is 1. The number of nitrogens with zero attached hydrogens (tertiary/aromatic N) is 1. The quantitative estimate of drug-likeness (QED) is 0.457. The summed E-state index contributed by atoms with van der Waals surface area (Å²) in [6.07, 6.45) is 0. The van der Waals surface area contributed by atoms with Gasteiger partial charge in [-0.1, -0.05) is 23.7 Å². The molecule has 2 aromatic rings. The Morgan fingerprint density at radius 1 is 1.26 bits per heavy atom. The van der Waals surface area contributed by atoms with Gasteiger partial charge < -0.3 is 9.47 Å². The molecule has 0 radical (unpaired) electrons. The molecule has 7 heteroatoms. The van der Waals surface area contributed by atoms with E-state index < -0.39 is 10.9 Å². The predicted octanol–water partition coefficient (Wildman–Crippen LogP) is 3.68. The normalized spacial score (nSPS) is 10.2. The van der Waals surface area contributed by atoms with Crippen LogP contribution in [0, 0.1) is 17.0 Å². The van der Waals surface area contributed by atoms with E-state index in [1.807, 2.05) is 6.92 Å². The molecule has 23 heavy (non-hydrogen) atoms. The highest BCUT2D eigenvalue weighted by Crippen LogP contribution is 2.21. The molecule has 0 aliphatic heterocycles. The second kappa shape index (κ2) is 7.60. The number of hydrogen-bond acceptors (Lipinski definition) is 5. The second-order valence-corrected chi connectivity index (χ2v) is 5.15. The Hall–Kier alpha value is -2.60. The monoisotopic (exact) mass is 335 g/mol. The lowest BCUT2D eigenvalue weighted by atomic mass is 10.2. The summed E-state index contributed by atoms with van der Waals surface area (Å²) in [4.78, 5) is 22.0. The highest BCUT2D eigenvalue weighted by molar-refractivity contribution is 6.31. The second-order valence-electron chi connectivity index (χ2n) is 4.75. The molecular weight excluding hydrogens is 322 g/mol. The number of nitro benzene ring substituents is 1. The van der Waals surface area contributed by atoms with Gasteiger partial charge in [-0.05, 0) is 36.8 Å². The lowest BCUT2D eigenvalue weighted by Crippen LogP contribution is -2.15. The van der Waals surface area contributed by atoms with Crippen molar-refractivity contribution in [1.29, 1.82) is 0 Å². The van der Waals surface area contributed by atoms with Crippen LogP contribution in [0.2, 0.25) is 5.02 Å². The highest BCUT2D eigenvalue weighted by Gasteiger charge is 2.14. The van der Waals surface area contributed by atoms with Crippen molar-refractivity contribution in [2.24, 2.45) is 0 Å². The summed E-state index contributed by atoms with van der Waals surface area (Å²) in [5, 5.41) is 11.5. The van der Waals surface area contributed by atoms with Crippen molar-refractivity contribution < 1.29 is 19.2 Å². The van der Waals surface area contributed by atoms with Crippen molar-refractivity contribution >= 4 is 23.3 Å². The number of carbonyl (C=O) groups is 1. The average Bonchev–Trinajstić information content (AvgIpc) is 2.54. The van der Waals surface area contributed by atoms with Crippen molar-refractivity contribution in [3.63, 3.8) is 0 Å². The molecule has 0 spiro atoms. The van der Waals surface area contributed by atoms with E-state index in [2.05, 4.69) is 0 Å². The molecule has 0 aliphatic carbocycles. The number of rotatable bonds is 6. The molecule has 0 aliphatic rings. The lowest BCUT2D eigenvalue weighted by molar-refractivity contribution is -0.385. The molecule has 0 saturated carbocycles. The fraction of sp³-hybridized carbons (Fsp3) is 0.188. The number of esters is 1. The zero-order valence-electron chi connectivity index (χ0n) is 12.3. The topological polar surface area (TPSA) is 78.7 Å². The minimum atomic E-state index is -0.615. The van der Waals surface area contributed by atoms with Gasteiger partial charge in [-0.3, -0.25) is 10.1 Å². The minimum absolute atomic E-state index is 0.0884. The number of nitro groups is 1. The zero-order chi connectivity index (χ0) is 16.8. The Balaban J connectivity index is 1.88. The van der Waals surface area contributed by atoms with E-state index >= 15 is 0 Å². The first-order chi connectivity index (χ1) is 11.0. The van der Waals surface area contributed by atoms with E-state index in [9.17, 15) is 14.9 Å². The van der Waals surface area contributed by atoms with Gasteiger partial charge in [-0.25, -0.2) is 4.79 Å². The van der Waals surface area contributed by atoms with Gasteiger partial charge in [0.25, 0.3) is 5.69 Å². The number of ether oxygens (including phenoxy) is 2. The molecule has 0 heterocycles. The first kappa shape index (κ1) is 16.8. The molecule has 0 amide bonds. The molecule has 0 atom stereocenters. The largest absolute Gasteiger partial charge is 0.482 e. The smallest absolute Gasteiger partial charge is 0.344 e. The number of hydrogen-bond donors (Lipinski definition) is 0. The standard InChI is InChI=1S/C16H14ClNO5/c1-11-8-13(6-7-14(11)17)22-10-16(19)23-9-12-4-2-3-5-15(12)18(20)21/h2-8H,9-10H2,1H3. The SMILES string of the molecule is Cc1cc(OCC(=O)OCc2ccccc2[N+](=O)[O-])ccc1Cl. The molecule has 120 valence electrons. The Kier molecular flexibility index (Phi) is 5.54. The van der Waals surface area contributed by atoms with Crippen LogP contribution in [-0.2, 0) is 16.1 Å². The fourth-order valence-corrected chi connectivity index (χ4v) is 1.98. The Morgan fingerprint density at radius 2 is 2.00 bits per heavy atom. The van der Waals surface area contributed by atoms with Crippen LogP contribution in [-0.4, -0.2) is 17.5 Å². The third-order valence-corrected chi connectivity index (χ3v) is 3.49. The summed E-state index contributed by atoms with van der Waals surface area (Å²) < 4.78 is 10.3. The van der Waals surface area contributed by atoms with Gasteiger partial charge in [0.05, 0.1) is 10.5 Å². The molecule has 0 N–H and O–H groups in total. The van der Waals surface area contributed by atoms with Crippen LogP contribution in [0.1, 0.15) is 11.1 Å². The van der Waals surface area contributed by atoms with Gasteiger partial charge in [0.15, 0.2) is 6.61 Å². The average molecular weight is 336 g/mol. The molecule has 0 fully saturated rings. The summed E-state index contributed by atoms with van der Waals surface area (Å²) >= 11 is 5.90. The van der Waals surface area contributed by atoms with Gasteiger partial charge in [0, 0.05) is 11.1 Å². The van der Waals surface area contributed by atoms with Crippen LogP contribution >= 0.6 is 11.6 Å². The van der Waals surface area contributed by atoms with Crippen LogP contribution in [0.25, 0.3) is 0 Å². The van der Waals surface area contributed by atoms with Gasteiger partial charge in [0.1, 0.15) is 12.4 Å². The van der Waals surface area contributed by atoms with Crippen molar-refractivity contribution in [2.45, 2.75) is 13.5 Å². The van der Waals surface area contributed by atoms with Crippen molar-refractivity contribution in [1.82, 2.24) is 0 Å². The van der Waals surface area contributed by atoms with Gasteiger partial charge in [-0.2, -0.15) is 0 Å². The number of benzene rings is 2. The fourth-order valence-electron chi connectivity index (χ4n) is 1.86. The van der Waals surface area contributed by atoms with Crippen molar-refractivity contribution in [2.75, 3.05) is 6.61 Å². The Bertz CT molecular complexity index is 732. The first-order valence-electron chi connectivity index (χ1n) is 6.74. The summed E-state index contributed by atoms with van der Waals surface area (Å²) in [7, 11) is 0.